The van der Waals surface area contributed by atoms with Crippen LogP contribution < -0.4 is 0 Å². The maximum absolute atomic E-state index is 11.3. The Bertz CT molecular complexity index is 880. The van der Waals surface area contributed by atoms with E-state index in [-0.39, 0.29) is 6.23 Å². The first-order valence-electron chi connectivity index (χ1n) is 7.70. The molecule has 2 aromatic heterocycles. The number of rotatable bonds is 6. The van der Waals surface area contributed by atoms with Crippen molar-refractivity contribution in [1.82, 2.24) is 9.78 Å². The van der Waals surface area contributed by atoms with Crippen molar-refractivity contribution < 1.29 is 14.6 Å². The zero-order chi connectivity index (χ0) is 17.1. The molecule has 6 heteroatoms. The number of hydrogen-bond donors (Lipinski definition) is 1. The fraction of sp³-hybridized carbons (Fsp3) is 0.222. The Morgan fingerprint density at radius 3 is 2.79 bits per heavy atom. The van der Waals surface area contributed by atoms with Crippen LogP contribution in [0.2, 0.25) is 0 Å². The second-order valence-corrected chi connectivity index (χ2v) is 6.29. The predicted octanol–water partition coefficient (Wildman–Crippen LogP) is 4.52. The van der Waals surface area contributed by atoms with Crippen LogP contribution in [0.25, 0.3) is 22.4 Å². The number of carboxylic acids is 1. The zero-order valence-electron chi connectivity index (χ0n) is 13.5. The molecule has 0 aliphatic rings. The van der Waals surface area contributed by atoms with Crippen LogP contribution in [0.1, 0.15) is 41.0 Å². The van der Waals surface area contributed by atoms with Gasteiger partial charge in [0.15, 0.2) is 0 Å². The number of benzene rings is 1. The van der Waals surface area contributed by atoms with E-state index in [9.17, 15) is 9.90 Å². The van der Waals surface area contributed by atoms with Gasteiger partial charge in [0.05, 0.1) is 5.69 Å². The van der Waals surface area contributed by atoms with Crippen LogP contribution in [0.5, 0.6) is 0 Å². The summed E-state index contributed by atoms with van der Waals surface area (Å²) >= 11 is 1.22. The molecule has 1 N–H and O–H groups in total. The maximum atomic E-state index is 11.3. The van der Waals surface area contributed by atoms with Gasteiger partial charge in [-0.3, -0.25) is 0 Å². The monoisotopic (exact) mass is 342 g/mol. The minimum absolute atomic E-state index is 0.253. The first-order valence-corrected chi connectivity index (χ1v) is 8.52. The summed E-state index contributed by atoms with van der Waals surface area (Å²) in [5.74, 6) is -0.926. The second kappa shape index (κ2) is 6.98. The molecule has 0 bridgehead atoms. The number of aromatic carboxylic acids is 1. The molecule has 0 aliphatic heterocycles. The van der Waals surface area contributed by atoms with E-state index in [2.05, 4.69) is 5.10 Å². The molecule has 124 valence electrons. The van der Waals surface area contributed by atoms with Crippen molar-refractivity contribution in [2.45, 2.75) is 20.1 Å². The first-order chi connectivity index (χ1) is 11.6. The molecule has 3 aromatic rings. The molecule has 3 rings (SSSR count). The van der Waals surface area contributed by atoms with E-state index in [0.29, 0.717) is 11.5 Å². The van der Waals surface area contributed by atoms with Crippen molar-refractivity contribution >= 4 is 39.7 Å². The standard InChI is InChI=1S/C18H18N2O3S/c1-3-23-12(2)20-17-14(11-16(24-17)18(21)22)15(19-20)10-9-13-7-5-4-6-8-13/h4-12H,3H2,1-2H3,(H,21,22). The molecule has 0 saturated carbocycles. The Hall–Kier alpha value is -2.44. The van der Waals surface area contributed by atoms with Crippen LogP contribution in [0.3, 0.4) is 0 Å². The van der Waals surface area contributed by atoms with Crippen molar-refractivity contribution in [3.63, 3.8) is 0 Å². The molecular formula is C18H18N2O3S. The molecule has 1 atom stereocenters. The number of aromatic nitrogens is 2. The van der Waals surface area contributed by atoms with Crippen LogP contribution in [0, 0.1) is 0 Å². The van der Waals surface area contributed by atoms with Gasteiger partial charge in [-0.15, -0.1) is 11.3 Å². The van der Waals surface area contributed by atoms with Crippen LogP contribution in [0.4, 0.5) is 0 Å². The van der Waals surface area contributed by atoms with Crippen molar-refractivity contribution in [3.8, 4) is 0 Å². The fourth-order valence-corrected chi connectivity index (χ4v) is 3.51. The average Bonchev–Trinajstić information content (AvgIpc) is 3.14. The van der Waals surface area contributed by atoms with E-state index in [0.717, 1.165) is 21.5 Å². The van der Waals surface area contributed by atoms with Gasteiger partial charge in [-0.1, -0.05) is 36.4 Å². The highest BCUT2D eigenvalue weighted by molar-refractivity contribution is 7.20. The third kappa shape index (κ3) is 3.25. The predicted molar refractivity (Wildman–Crippen MR) is 96.3 cm³/mol. The summed E-state index contributed by atoms with van der Waals surface area (Å²) in [5, 5.41) is 14.7. The minimum Gasteiger partial charge on any atom is -0.477 e. The number of fused-ring (bicyclic) bond motifs is 1. The highest BCUT2D eigenvalue weighted by Gasteiger charge is 2.19. The summed E-state index contributed by atoms with van der Waals surface area (Å²) in [6.07, 6.45) is 3.62. The molecule has 0 radical (unpaired) electrons. The summed E-state index contributed by atoms with van der Waals surface area (Å²) in [7, 11) is 0. The quantitative estimate of drug-likeness (QED) is 0.715. The van der Waals surface area contributed by atoms with E-state index in [1.54, 1.807) is 10.7 Å². The Labute approximate surface area is 143 Å². The molecule has 0 saturated heterocycles. The topological polar surface area (TPSA) is 64.4 Å². The van der Waals surface area contributed by atoms with Crippen LogP contribution in [-0.2, 0) is 4.74 Å². The van der Waals surface area contributed by atoms with Gasteiger partial charge < -0.3 is 9.84 Å². The first kappa shape index (κ1) is 16.4. The molecule has 2 heterocycles. The second-order valence-electron chi connectivity index (χ2n) is 5.26. The lowest BCUT2D eigenvalue weighted by Crippen LogP contribution is -2.10. The molecule has 0 aliphatic carbocycles. The van der Waals surface area contributed by atoms with Crippen molar-refractivity contribution in [1.29, 1.82) is 0 Å². The lowest BCUT2D eigenvalue weighted by atomic mass is 10.2. The van der Waals surface area contributed by atoms with E-state index in [1.165, 1.54) is 11.3 Å². The number of ether oxygens (including phenoxy) is 1. The van der Waals surface area contributed by atoms with Crippen LogP contribution in [0.15, 0.2) is 36.4 Å². The van der Waals surface area contributed by atoms with Gasteiger partial charge in [-0.05, 0) is 31.6 Å². The Morgan fingerprint density at radius 2 is 2.12 bits per heavy atom. The molecular weight excluding hydrogens is 324 g/mol. The number of carboxylic acid groups (broad SMARTS) is 1. The van der Waals surface area contributed by atoms with Crippen molar-refractivity contribution in [3.05, 3.63) is 52.5 Å². The van der Waals surface area contributed by atoms with E-state index in [4.69, 9.17) is 4.74 Å². The summed E-state index contributed by atoms with van der Waals surface area (Å²) < 4.78 is 7.37. The molecule has 0 fully saturated rings. The molecule has 0 amide bonds. The van der Waals surface area contributed by atoms with Gasteiger partial charge in [-0.2, -0.15) is 5.10 Å². The van der Waals surface area contributed by atoms with Crippen molar-refractivity contribution in [2.24, 2.45) is 0 Å². The van der Waals surface area contributed by atoms with Gasteiger partial charge in [0.2, 0.25) is 0 Å². The average molecular weight is 342 g/mol. The highest BCUT2D eigenvalue weighted by Crippen LogP contribution is 2.31. The summed E-state index contributed by atoms with van der Waals surface area (Å²) in [6, 6.07) is 11.6. The minimum atomic E-state index is -0.926. The SMILES string of the molecule is CCOC(C)n1nc(C=Cc2ccccc2)c2cc(C(=O)O)sc21. The van der Waals surface area contributed by atoms with Gasteiger partial charge in [0, 0.05) is 12.0 Å². The van der Waals surface area contributed by atoms with Crippen molar-refractivity contribution in [2.75, 3.05) is 6.61 Å². The molecule has 5 nitrogen and oxygen atoms in total. The Kier molecular flexibility index (Phi) is 4.78. The van der Waals surface area contributed by atoms with Gasteiger partial charge in [-0.25, -0.2) is 9.48 Å². The van der Waals surface area contributed by atoms with Gasteiger partial charge in [0.25, 0.3) is 0 Å². The maximum Gasteiger partial charge on any atom is 0.345 e. The Balaban J connectivity index is 2.06. The number of hydrogen-bond acceptors (Lipinski definition) is 4. The van der Waals surface area contributed by atoms with Gasteiger partial charge >= 0.3 is 5.97 Å². The Morgan fingerprint density at radius 1 is 1.38 bits per heavy atom. The number of nitrogens with zero attached hydrogens (tertiary/aromatic N) is 2. The van der Waals surface area contributed by atoms with Gasteiger partial charge in [0.1, 0.15) is 15.9 Å². The zero-order valence-corrected chi connectivity index (χ0v) is 14.3. The highest BCUT2D eigenvalue weighted by atomic mass is 32.1. The van der Waals surface area contributed by atoms with E-state index < -0.39 is 5.97 Å². The van der Waals surface area contributed by atoms with Crippen LogP contribution >= 0.6 is 11.3 Å². The smallest absolute Gasteiger partial charge is 0.345 e. The lowest BCUT2D eigenvalue weighted by Gasteiger charge is -2.12. The van der Waals surface area contributed by atoms with Crippen LogP contribution in [-0.4, -0.2) is 27.5 Å². The third-order valence-corrected chi connectivity index (χ3v) is 4.72. The largest absolute Gasteiger partial charge is 0.477 e. The molecule has 1 unspecified atom stereocenters. The van der Waals surface area contributed by atoms with E-state index in [1.807, 2.05) is 56.3 Å². The molecule has 0 spiro atoms. The third-order valence-electron chi connectivity index (χ3n) is 3.61. The summed E-state index contributed by atoms with van der Waals surface area (Å²) in [4.78, 5) is 12.4. The summed E-state index contributed by atoms with van der Waals surface area (Å²) in [5.41, 5.74) is 1.80. The lowest BCUT2D eigenvalue weighted by molar-refractivity contribution is 0.0195. The summed E-state index contributed by atoms with van der Waals surface area (Å²) in [6.45, 7) is 4.39. The number of thiophene rings is 1. The fourth-order valence-electron chi connectivity index (χ4n) is 2.48. The van der Waals surface area contributed by atoms with E-state index >= 15 is 0 Å². The molecule has 24 heavy (non-hydrogen) atoms. The number of carbonyl (C=O) groups is 1. The normalized spacial score (nSPS) is 12.9. The molecule has 1 aromatic carbocycles.